The van der Waals surface area contributed by atoms with Crippen LogP contribution in [0.25, 0.3) is 0 Å². The highest BCUT2D eigenvalue weighted by Crippen LogP contribution is 2.17. The molecule has 1 N–H and O–H groups in total. The molecule has 2 aromatic rings. The number of hydrogen-bond acceptors (Lipinski definition) is 4. The van der Waals surface area contributed by atoms with E-state index in [9.17, 15) is 4.79 Å². The van der Waals surface area contributed by atoms with Gasteiger partial charge in [-0.15, -0.1) is 0 Å². The molecule has 0 unspecified atom stereocenters. The standard InChI is InChI=1S/C18H22N4O/c1-13-6-7-16(10-14(13)2)21-17(23)15-11-19-18(20-12-15)22-8-4-3-5-9-22/h6-7,10-12H,3-5,8-9H2,1-2H3,(H,21,23). The van der Waals surface area contributed by atoms with Gasteiger partial charge in [0.05, 0.1) is 5.56 Å². The monoisotopic (exact) mass is 310 g/mol. The second kappa shape index (κ2) is 6.77. The summed E-state index contributed by atoms with van der Waals surface area (Å²) in [6.45, 7) is 6.07. The fourth-order valence-corrected chi connectivity index (χ4v) is 2.72. The summed E-state index contributed by atoms with van der Waals surface area (Å²) < 4.78 is 0. The second-order valence-corrected chi connectivity index (χ2v) is 6.07. The first-order chi connectivity index (χ1) is 11.1. The first-order valence-corrected chi connectivity index (χ1v) is 8.09. The number of piperidine rings is 1. The van der Waals surface area contributed by atoms with Crippen LogP contribution in [0.4, 0.5) is 11.6 Å². The SMILES string of the molecule is Cc1ccc(NC(=O)c2cnc(N3CCCCC3)nc2)cc1C. The molecule has 1 aliphatic heterocycles. The molecular formula is C18H22N4O. The fourth-order valence-electron chi connectivity index (χ4n) is 2.72. The lowest BCUT2D eigenvalue weighted by atomic mass is 10.1. The van der Waals surface area contributed by atoms with Gasteiger partial charge in [-0.1, -0.05) is 6.07 Å². The Morgan fingerprint density at radius 1 is 1.04 bits per heavy atom. The van der Waals surface area contributed by atoms with E-state index in [4.69, 9.17) is 0 Å². The van der Waals surface area contributed by atoms with Gasteiger partial charge in [0.15, 0.2) is 0 Å². The van der Waals surface area contributed by atoms with Gasteiger partial charge in [-0.3, -0.25) is 4.79 Å². The van der Waals surface area contributed by atoms with E-state index in [1.165, 1.54) is 24.8 Å². The van der Waals surface area contributed by atoms with E-state index in [0.29, 0.717) is 11.5 Å². The Labute approximate surface area is 136 Å². The van der Waals surface area contributed by atoms with E-state index in [1.54, 1.807) is 12.4 Å². The fraction of sp³-hybridized carbons (Fsp3) is 0.389. The highest BCUT2D eigenvalue weighted by Gasteiger charge is 2.14. The maximum absolute atomic E-state index is 12.3. The summed E-state index contributed by atoms with van der Waals surface area (Å²) in [6.07, 6.45) is 6.84. The van der Waals surface area contributed by atoms with E-state index in [-0.39, 0.29) is 5.91 Å². The summed E-state index contributed by atoms with van der Waals surface area (Å²) in [4.78, 5) is 23.2. The number of nitrogens with one attached hydrogen (secondary N) is 1. The molecular weight excluding hydrogens is 288 g/mol. The van der Waals surface area contributed by atoms with Crippen molar-refractivity contribution in [3.05, 3.63) is 47.3 Å². The van der Waals surface area contributed by atoms with Crippen LogP contribution in [0.3, 0.4) is 0 Å². The van der Waals surface area contributed by atoms with Crippen LogP contribution in [-0.4, -0.2) is 29.0 Å². The predicted octanol–water partition coefficient (Wildman–Crippen LogP) is 3.34. The molecule has 1 saturated heterocycles. The van der Waals surface area contributed by atoms with Crippen molar-refractivity contribution in [1.29, 1.82) is 0 Å². The van der Waals surface area contributed by atoms with Gasteiger partial charge in [0.25, 0.3) is 5.91 Å². The minimum absolute atomic E-state index is 0.182. The molecule has 5 nitrogen and oxygen atoms in total. The highest BCUT2D eigenvalue weighted by atomic mass is 16.1. The zero-order chi connectivity index (χ0) is 16.2. The van der Waals surface area contributed by atoms with Crippen LogP contribution in [0.15, 0.2) is 30.6 Å². The number of rotatable bonds is 3. The highest BCUT2D eigenvalue weighted by molar-refractivity contribution is 6.03. The Kier molecular flexibility index (Phi) is 4.55. The van der Waals surface area contributed by atoms with Gasteiger partial charge in [-0.2, -0.15) is 0 Å². The van der Waals surface area contributed by atoms with Crippen LogP contribution in [0.5, 0.6) is 0 Å². The van der Waals surface area contributed by atoms with Crippen LogP contribution < -0.4 is 10.2 Å². The third-order valence-electron chi connectivity index (χ3n) is 4.30. The van der Waals surface area contributed by atoms with Crippen molar-refractivity contribution in [2.24, 2.45) is 0 Å². The molecule has 1 fully saturated rings. The molecule has 3 rings (SSSR count). The Morgan fingerprint density at radius 2 is 1.74 bits per heavy atom. The topological polar surface area (TPSA) is 58.1 Å². The van der Waals surface area contributed by atoms with E-state index in [0.717, 1.165) is 24.3 Å². The molecule has 5 heteroatoms. The first kappa shape index (κ1) is 15.5. The van der Waals surface area contributed by atoms with Gasteiger partial charge in [0, 0.05) is 31.2 Å². The quantitative estimate of drug-likeness (QED) is 0.944. The molecule has 1 aromatic heterocycles. The van der Waals surface area contributed by atoms with Crippen molar-refractivity contribution in [3.8, 4) is 0 Å². The largest absolute Gasteiger partial charge is 0.341 e. The minimum Gasteiger partial charge on any atom is -0.341 e. The molecule has 0 atom stereocenters. The lowest BCUT2D eigenvalue weighted by Crippen LogP contribution is -2.31. The van der Waals surface area contributed by atoms with Crippen molar-refractivity contribution in [3.63, 3.8) is 0 Å². The summed E-state index contributed by atoms with van der Waals surface area (Å²) >= 11 is 0. The number of aromatic nitrogens is 2. The average molecular weight is 310 g/mol. The molecule has 2 heterocycles. The molecule has 1 aromatic carbocycles. The number of nitrogens with zero attached hydrogens (tertiary/aromatic N) is 3. The normalized spacial score (nSPS) is 14.6. The summed E-state index contributed by atoms with van der Waals surface area (Å²) in [5.41, 5.74) is 3.62. The Bertz CT molecular complexity index is 691. The minimum atomic E-state index is -0.182. The van der Waals surface area contributed by atoms with Crippen LogP contribution in [0.2, 0.25) is 0 Å². The molecule has 120 valence electrons. The smallest absolute Gasteiger partial charge is 0.258 e. The third-order valence-corrected chi connectivity index (χ3v) is 4.30. The van der Waals surface area contributed by atoms with Crippen molar-refractivity contribution < 1.29 is 4.79 Å². The summed E-state index contributed by atoms with van der Waals surface area (Å²) in [7, 11) is 0. The van der Waals surface area contributed by atoms with Crippen LogP contribution in [-0.2, 0) is 0 Å². The van der Waals surface area contributed by atoms with Crippen molar-refractivity contribution in [1.82, 2.24) is 9.97 Å². The summed E-state index contributed by atoms with van der Waals surface area (Å²) in [6, 6.07) is 5.88. The molecule has 0 radical (unpaired) electrons. The number of amides is 1. The maximum Gasteiger partial charge on any atom is 0.258 e. The molecule has 0 aliphatic carbocycles. The first-order valence-electron chi connectivity index (χ1n) is 8.09. The molecule has 23 heavy (non-hydrogen) atoms. The number of hydrogen-bond donors (Lipinski definition) is 1. The lowest BCUT2D eigenvalue weighted by molar-refractivity contribution is 0.102. The maximum atomic E-state index is 12.3. The lowest BCUT2D eigenvalue weighted by Gasteiger charge is -2.26. The van der Waals surface area contributed by atoms with Crippen LogP contribution in [0, 0.1) is 13.8 Å². The van der Waals surface area contributed by atoms with Gasteiger partial charge >= 0.3 is 0 Å². The van der Waals surface area contributed by atoms with Gasteiger partial charge in [-0.25, -0.2) is 9.97 Å². The molecule has 0 bridgehead atoms. The average Bonchev–Trinajstić information content (AvgIpc) is 2.59. The number of aryl methyl sites for hydroxylation is 2. The van der Waals surface area contributed by atoms with Crippen LogP contribution >= 0.6 is 0 Å². The summed E-state index contributed by atoms with van der Waals surface area (Å²) in [5.74, 6) is 0.533. The van der Waals surface area contributed by atoms with Crippen molar-refractivity contribution in [2.75, 3.05) is 23.3 Å². The third kappa shape index (κ3) is 3.67. The molecule has 1 aliphatic rings. The van der Waals surface area contributed by atoms with Gasteiger partial charge in [0.2, 0.25) is 5.95 Å². The number of carbonyl (C=O) groups is 1. The Hall–Kier alpha value is -2.43. The number of anilines is 2. The van der Waals surface area contributed by atoms with E-state index in [1.807, 2.05) is 32.0 Å². The second-order valence-electron chi connectivity index (χ2n) is 6.07. The zero-order valence-corrected chi connectivity index (χ0v) is 13.7. The molecule has 0 spiro atoms. The number of benzene rings is 1. The van der Waals surface area contributed by atoms with E-state index < -0.39 is 0 Å². The zero-order valence-electron chi connectivity index (χ0n) is 13.7. The Morgan fingerprint density at radius 3 is 2.39 bits per heavy atom. The van der Waals surface area contributed by atoms with E-state index in [2.05, 4.69) is 20.2 Å². The van der Waals surface area contributed by atoms with Gasteiger partial charge < -0.3 is 10.2 Å². The molecule has 1 amide bonds. The Balaban J connectivity index is 1.68. The summed E-state index contributed by atoms with van der Waals surface area (Å²) in [5, 5.41) is 2.89. The van der Waals surface area contributed by atoms with Crippen molar-refractivity contribution in [2.45, 2.75) is 33.1 Å². The van der Waals surface area contributed by atoms with Gasteiger partial charge in [-0.05, 0) is 56.4 Å². The molecule has 0 saturated carbocycles. The van der Waals surface area contributed by atoms with E-state index >= 15 is 0 Å². The predicted molar refractivity (Wildman–Crippen MR) is 92.0 cm³/mol. The van der Waals surface area contributed by atoms with Crippen LogP contribution in [0.1, 0.15) is 40.7 Å². The van der Waals surface area contributed by atoms with Gasteiger partial charge in [0.1, 0.15) is 0 Å². The number of carbonyl (C=O) groups excluding carboxylic acids is 1. The van der Waals surface area contributed by atoms with Crippen molar-refractivity contribution >= 4 is 17.5 Å².